The van der Waals surface area contributed by atoms with Gasteiger partial charge in [0.15, 0.2) is 0 Å². The summed E-state index contributed by atoms with van der Waals surface area (Å²) in [5, 5.41) is 8.63. The zero-order valence-electron chi connectivity index (χ0n) is 8.52. The van der Waals surface area contributed by atoms with E-state index in [0.717, 1.165) is 5.56 Å². The van der Waals surface area contributed by atoms with Crippen LogP contribution in [-0.4, -0.2) is 5.11 Å². The maximum absolute atomic E-state index is 12.2. The molecule has 0 aliphatic carbocycles. The van der Waals surface area contributed by atoms with E-state index in [1.54, 1.807) is 30.3 Å². The minimum Gasteiger partial charge on any atom is -0.508 e. The lowest BCUT2D eigenvalue weighted by atomic mass is 10.2. The molecule has 0 bridgehead atoms. The highest BCUT2D eigenvalue weighted by atomic mass is 19.1. The number of para-hydroxylation sites is 1. The zero-order valence-corrected chi connectivity index (χ0v) is 8.52. The lowest BCUT2D eigenvalue weighted by Gasteiger charge is -1.87. The van der Waals surface area contributed by atoms with Crippen molar-refractivity contribution in [1.29, 1.82) is 0 Å². The van der Waals surface area contributed by atoms with Gasteiger partial charge in [0.1, 0.15) is 11.6 Å². The molecule has 0 aromatic heterocycles. The Balaban J connectivity index is 0.000000151. The molecule has 0 fully saturated rings. The van der Waals surface area contributed by atoms with Gasteiger partial charge in [-0.3, -0.25) is 0 Å². The SMILES string of the molecule is Cc1cccc(F)c1.Oc1ccccc1. The number of phenols is 1. The van der Waals surface area contributed by atoms with Crippen LogP contribution in [0.25, 0.3) is 0 Å². The standard InChI is InChI=1S/C7H7F.C6H6O/c1-6-3-2-4-7(8)5-6;7-6-4-2-1-3-5-6/h2-5H,1H3;1-5,7H. The number of hydrogen-bond acceptors (Lipinski definition) is 1. The first-order valence-electron chi connectivity index (χ1n) is 4.64. The molecule has 2 heteroatoms. The van der Waals surface area contributed by atoms with E-state index in [2.05, 4.69) is 0 Å². The summed E-state index contributed by atoms with van der Waals surface area (Å²) < 4.78 is 12.2. The normalized spacial score (nSPS) is 8.93. The minimum atomic E-state index is -0.162. The number of aromatic hydroxyl groups is 1. The molecule has 78 valence electrons. The Morgan fingerprint density at radius 2 is 1.60 bits per heavy atom. The van der Waals surface area contributed by atoms with E-state index in [-0.39, 0.29) is 5.82 Å². The summed E-state index contributed by atoms with van der Waals surface area (Å²) in [5.74, 6) is 0.160. The smallest absolute Gasteiger partial charge is 0.123 e. The summed E-state index contributed by atoms with van der Waals surface area (Å²) >= 11 is 0. The van der Waals surface area contributed by atoms with Crippen molar-refractivity contribution >= 4 is 0 Å². The molecule has 0 aliphatic heterocycles. The molecule has 0 amide bonds. The van der Waals surface area contributed by atoms with Gasteiger partial charge in [0.25, 0.3) is 0 Å². The fraction of sp³-hybridized carbons (Fsp3) is 0.0769. The maximum atomic E-state index is 12.2. The van der Waals surface area contributed by atoms with Crippen molar-refractivity contribution in [2.24, 2.45) is 0 Å². The Kier molecular flexibility index (Phi) is 4.35. The first kappa shape index (κ1) is 11.2. The van der Waals surface area contributed by atoms with Crippen LogP contribution in [0.5, 0.6) is 5.75 Å². The summed E-state index contributed by atoms with van der Waals surface area (Å²) in [6.45, 7) is 1.86. The predicted molar refractivity (Wildman–Crippen MR) is 59.2 cm³/mol. The third-order valence-corrected chi connectivity index (χ3v) is 1.74. The van der Waals surface area contributed by atoms with Crippen LogP contribution in [-0.2, 0) is 0 Å². The van der Waals surface area contributed by atoms with E-state index in [0.29, 0.717) is 5.75 Å². The summed E-state index contributed by atoms with van der Waals surface area (Å²) in [6.07, 6.45) is 0. The second kappa shape index (κ2) is 5.81. The maximum Gasteiger partial charge on any atom is 0.123 e. The summed E-state index contributed by atoms with van der Waals surface area (Å²) in [6, 6.07) is 15.2. The summed E-state index contributed by atoms with van der Waals surface area (Å²) in [5.41, 5.74) is 0.963. The van der Waals surface area contributed by atoms with Crippen LogP contribution in [0.15, 0.2) is 54.6 Å². The van der Waals surface area contributed by atoms with E-state index < -0.39 is 0 Å². The zero-order chi connectivity index (χ0) is 11.1. The molecule has 2 aromatic rings. The van der Waals surface area contributed by atoms with E-state index >= 15 is 0 Å². The van der Waals surface area contributed by atoms with Crippen LogP contribution < -0.4 is 0 Å². The first-order valence-corrected chi connectivity index (χ1v) is 4.64. The third kappa shape index (κ3) is 4.81. The van der Waals surface area contributed by atoms with Crippen LogP contribution >= 0.6 is 0 Å². The van der Waals surface area contributed by atoms with Crippen molar-refractivity contribution in [1.82, 2.24) is 0 Å². The van der Waals surface area contributed by atoms with Gasteiger partial charge in [-0.2, -0.15) is 0 Å². The van der Waals surface area contributed by atoms with E-state index in [4.69, 9.17) is 5.11 Å². The average molecular weight is 204 g/mol. The van der Waals surface area contributed by atoms with Crippen molar-refractivity contribution in [2.75, 3.05) is 0 Å². The van der Waals surface area contributed by atoms with E-state index in [9.17, 15) is 4.39 Å². The second-order valence-electron chi connectivity index (χ2n) is 3.13. The quantitative estimate of drug-likeness (QED) is 0.696. The van der Waals surface area contributed by atoms with Gasteiger partial charge in [-0.25, -0.2) is 4.39 Å². The molecule has 0 saturated carbocycles. The molecule has 1 N–H and O–H groups in total. The Labute approximate surface area is 88.8 Å². The lowest BCUT2D eigenvalue weighted by molar-refractivity contribution is 0.475. The lowest BCUT2D eigenvalue weighted by Crippen LogP contribution is -1.72. The third-order valence-electron chi connectivity index (χ3n) is 1.74. The van der Waals surface area contributed by atoms with E-state index in [1.165, 1.54) is 12.1 Å². The molecule has 0 atom stereocenters. The van der Waals surface area contributed by atoms with Gasteiger partial charge in [0.05, 0.1) is 0 Å². The van der Waals surface area contributed by atoms with Crippen LogP contribution in [0, 0.1) is 12.7 Å². The number of halogens is 1. The van der Waals surface area contributed by atoms with Crippen LogP contribution in [0.2, 0.25) is 0 Å². The Bertz CT molecular complexity index is 381. The van der Waals surface area contributed by atoms with Crippen molar-refractivity contribution in [2.45, 2.75) is 6.92 Å². The van der Waals surface area contributed by atoms with Crippen molar-refractivity contribution < 1.29 is 9.50 Å². The molecule has 0 aliphatic rings. The largest absolute Gasteiger partial charge is 0.508 e. The van der Waals surface area contributed by atoms with Crippen LogP contribution in [0.4, 0.5) is 4.39 Å². The van der Waals surface area contributed by atoms with Crippen LogP contribution in [0.3, 0.4) is 0 Å². The molecule has 2 aromatic carbocycles. The van der Waals surface area contributed by atoms with Gasteiger partial charge in [0, 0.05) is 0 Å². The van der Waals surface area contributed by atoms with Gasteiger partial charge in [-0.05, 0) is 36.8 Å². The molecule has 2 rings (SSSR count). The molecule has 1 nitrogen and oxygen atoms in total. The van der Waals surface area contributed by atoms with Crippen molar-refractivity contribution in [3.8, 4) is 5.75 Å². The Morgan fingerprint density at radius 3 is 1.93 bits per heavy atom. The fourth-order valence-corrected chi connectivity index (χ4v) is 1.03. The van der Waals surface area contributed by atoms with Crippen molar-refractivity contribution in [3.63, 3.8) is 0 Å². The van der Waals surface area contributed by atoms with Crippen molar-refractivity contribution in [3.05, 3.63) is 66.0 Å². The summed E-state index contributed by atoms with van der Waals surface area (Å²) in [4.78, 5) is 0. The molecule has 0 spiro atoms. The average Bonchev–Trinajstić information content (AvgIpc) is 2.19. The van der Waals surface area contributed by atoms with Gasteiger partial charge < -0.3 is 5.11 Å². The first-order chi connectivity index (χ1) is 7.18. The number of phenolic OH excluding ortho intramolecular Hbond substituents is 1. The fourth-order valence-electron chi connectivity index (χ4n) is 1.03. The number of aryl methyl sites for hydroxylation is 1. The van der Waals surface area contributed by atoms with Gasteiger partial charge in [-0.1, -0.05) is 30.3 Å². The molecule has 0 radical (unpaired) electrons. The molecule has 0 heterocycles. The molecule has 0 saturated heterocycles. The highest BCUT2D eigenvalue weighted by molar-refractivity contribution is 5.18. The van der Waals surface area contributed by atoms with Gasteiger partial charge in [-0.15, -0.1) is 0 Å². The second-order valence-corrected chi connectivity index (χ2v) is 3.13. The highest BCUT2D eigenvalue weighted by Crippen LogP contribution is 2.02. The predicted octanol–water partition coefficient (Wildman–Crippen LogP) is 3.53. The Hall–Kier alpha value is -1.83. The van der Waals surface area contributed by atoms with E-state index in [1.807, 2.05) is 19.1 Å². The van der Waals surface area contributed by atoms with Crippen LogP contribution in [0.1, 0.15) is 5.56 Å². The van der Waals surface area contributed by atoms with Gasteiger partial charge in [0.2, 0.25) is 0 Å². The Morgan fingerprint density at radius 1 is 0.933 bits per heavy atom. The molecule has 0 unspecified atom stereocenters. The monoisotopic (exact) mass is 204 g/mol. The number of benzene rings is 2. The number of rotatable bonds is 0. The summed E-state index contributed by atoms with van der Waals surface area (Å²) in [7, 11) is 0. The minimum absolute atomic E-state index is 0.162. The molecular formula is C13H13FO. The number of hydrogen-bond donors (Lipinski definition) is 1. The molecule has 15 heavy (non-hydrogen) atoms. The topological polar surface area (TPSA) is 20.2 Å². The van der Waals surface area contributed by atoms with Gasteiger partial charge >= 0.3 is 0 Å². The highest BCUT2D eigenvalue weighted by Gasteiger charge is 1.84. The molecular weight excluding hydrogens is 191 g/mol.